The van der Waals surface area contributed by atoms with Gasteiger partial charge in [0.05, 0.1) is 24.2 Å². The molecule has 0 amide bonds. The highest BCUT2D eigenvalue weighted by Crippen LogP contribution is 2.27. The van der Waals surface area contributed by atoms with Gasteiger partial charge in [0.15, 0.2) is 5.75 Å². The fourth-order valence-electron chi connectivity index (χ4n) is 1.12. The van der Waals surface area contributed by atoms with Crippen molar-refractivity contribution in [2.45, 2.75) is 12.3 Å². The number of ether oxygens (including phenoxy) is 1. The van der Waals surface area contributed by atoms with E-state index in [0.717, 1.165) is 6.07 Å². The van der Waals surface area contributed by atoms with Crippen LogP contribution in [-0.4, -0.2) is 12.1 Å². The maximum atomic E-state index is 12.4. The first-order valence-corrected chi connectivity index (χ1v) is 4.49. The molecule has 0 aliphatic heterocycles. The molecule has 0 saturated heterocycles. The summed E-state index contributed by atoms with van der Waals surface area (Å²) in [6.07, 6.45) is -2.73. The lowest BCUT2D eigenvalue weighted by atomic mass is 10.2. The van der Waals surface area contributed by atoms with Crippen molar-refractivity contribution in [1.82, 2.24) is 4.98 Å². The SMILES string of the molecule is COc1c(C#N)cc(C(F)F)nc1CCl. The molecule has 3 nitrogen and oxygen atoms in total. The number of halogens is 3. The van der Waals surface area contributed by atoms with E-state index in [9.17, 15) is 8.78 Å². The molecule has 1 aromatic rings. The van der Waals surface area contributed by atoms with Crippen molar-refractivity contribution in [3.8, 4) is 11.8 Å². The first-order chi connectivity index (χ1) is 7.13. The third-order valence-corrected chi connectivity index (χ3v) is 1.99. The van der Waals surface area contributed by atoms with Gasteiger partial charge in [-0.25, -0.2) is 13.8 Å². The molecular weight excluding hydrogens is 226 g/mol. The van der Waals surface area contributed by atoms with Crippen LogP contribution >= 0.6 is 11.6 Å². The summed E-state index contributed by atoms with van der Waals surface area (Å²) < 4.78 is 29.6. The van der Waals surface area contributed by atoms with Crippen molar-refractivity contribution < 1.29 is 13.5 Å². The van der Waals surface area contributed by atoms with Gasteiger partial charge >= 0.3 is 0 Å². The van der Waals surface area contributed by atoms with Gasteiger partial charge in [0.2, 0.25) is 0 Å². The van der Waals surface area contributed by atoms with E-state index in [1.54, 1.807) is 6.07 Å². The van der Waals surface area contributed by atoms with Gasteiger partial charge in [-0.2, -0.15) is 5.26 Å². The summed E-state index contributed by atoms with van der Waals surface area (Å²) in [6, 6.07) is 2.76. The van der Waals surface area contributed by atoms with Gasteiger partial charge in [0.25, 0.3) is 6.43 Å². The summed E-state index contributed by atoms with van der Waals surface area (Å²) >= 11 is 5.52. The number of hydrogen-bond donors (Lipinski definition) is 0. The highest BCUT2D eigenvalue weighted by molar-refractivity contribution is 6.17. The summed E-state index contributed by atoms with van der Waals surface area (Å²) in [6.45, 7) is 0. The number of hydrogen-bond acceptors (Lipinski definition) is 3. The van der Waals surface area contributed by atoms with Crippen molar-refractivity contribution in [2.24, 2.45) is 0 Å². The van der Waals surface area contributed by atoms with Crippen LogP contribution in [0.4, 0.5) is 8.78 Å². The standard InChI is InChI=1S/C9H7ClF2N2O/c1-15-8-5(4-13)2-6(9(11)12)14-7(8)3-10/h2,9H,3H2,1H3. The molecule has 0 aliphatic carbocycles. The topological polar surface area (TPSA) is 45.9 Å². The molecule has 0 aromatic carbocycles. The zero-order chi connectivity index (χ0) is 11.4. The molecule has 0 N–H and O–H groups in total. The zero-order valence-electron chi connectivity index (χ0n) is 7.80. The second-order valence-corrected chi connectivity index (χ2v) is 2.89. The van der Waals surface area contributed by atoms with Gasteiger partial charge in [-0.3, -0.25) is 0 Å². The van der Waals surface area contributed by atoms with Gasteiger partial charge in [0.1, 0.15) is 11.8 Å². The molecular formula is C9H7ClF2N2O. The molecule has 0 bridgehead atoms. The maximum Gasteiger partial charge on any atom is 0.280 e. The predicted molar refractivity (Wildman–Crippen MR) is 50.0 cm³/mol. The minimum absolute atomic E-state index is 0.0125. The minimum Gasteiger partial charge on any atom is -0.493 e. The quantitative estimate of drug-likeness (QED) is 0.753. The average Bonchev–Trinajstić information content (AvgIpc) is 2.26. The third kappa shape index (κ3) is 2.34. The van der Waals surface area contributed by atoms with Gasteiger partial charge < -0.3 is 4.74 Å². The Morgan fingerprint density at radius 2 is 2.33 bits per heavy atom. The first-order valence-electron chi connectivity index (χ1n) is 3.96. The van der Waals surface area contributed by atoms with E-state index in [2.05, 4.69) is 4.98 Å². The number of nitriles is 1. The van der Waals surface area contributed by atoms with E-state index < -0.39 is 12.1 Å². The molecule has 0 saturated carbocycles. The fraction of sp³-hybridized carbons (Fsp3) is 0.333. The van der Waals surface area contributed by atoms with Crippen LogP contribution in [0.15, 0.2) is 6.07 Å². The number of nitrogens with zero attached hydrogens (tertiary/aromatic N) is 2. The molecule has 1 rings (SSSR count). The molecule has 80 valence electrons. The lowest BCUT2D eigenvalue weighted by molar-refractivity contribution is 0.145. The molecule has 6 heteroatoms. The smallest absolute Gasteiger partial charge is 0.280 e. The maximum absolute atomic E-state index is 12.4. The van der Waals surface area contributed by atoms with E-state index in [4.69, 9.17) is 21.6 Å². The molecule has 15 heavy (non-hydrogen) atoms. The molecule has 0 atom stereocenters. The van der Waals surface area contributed by atoms with Gasteiger partial charge in [-0.1, -0.05) is 0 Å². The first kappa shape index (κ1) is 11.7. The molecule has 0 aliphatic rings. The molecule has 0 unspecified atom stereocenters. The molecule has 1 aromatic heterocycles. The van der Waals surface area contributed by atoms with Crippen LogP contribution in [0, 0.1) is 11.3 Å². The third-order valence-electron chi connectivity index (χ3n) is 1.74. The number of methoxy groups -OCH3 is 1. The molecule has 1 heterocycles. The Morgan fingerprint density at radius 3 is 2.73 bits per heavy atom. The van der Waals surface area contributed by atoms with E-state index in [1.165, 1.54) is 7.11 Å². The van der Waals surface area contributed by atoms with Crippen LogP contribution in [0.1, 0.15) is 23.4 Å². The molecule has 0 fully saturated rings. The normalized spacial score (nSPS) is 10.1. The highest BCUT2D eigenvalue weighted by Gasteiger charge is 2.17. The Bertz CT molecular complexity index is 404. The van der Waals surface area contributed by atoms with E-state index in [1.807, 2.05) is 0 Å². The van der Waals surface area contributed by atoms with Crippen LogP contribution in [0.3, 0.4) is 0 Å². The predicted octanol–water partition coefficient (Wildman–Crippen LogP) is 2.64. The average molecular weight is 233 g/mol. The summed E-state index contributed by atoms with van der Waals surface area (Å²) in [4.78, 5) is 3.61. The number of rotatable bonds is 3. The van der Waals surface area contributed by atoms with E-state index in [-0.39, 0.29) is 22.9 Å². The summed E-state index contributed by atoms with van der Waals surface area (Å²) in [5.41, 5.74) is -0.310. The lowest BCUT2D eigenvalue weighted by Gasteiger charge is -2.09. The molecule has 0 radical (unpaired) electrons. The summed E-state index contributed by atoms with van der Waals surface area (Å²) in [7, 11) is 1.33. The van der Waals surface area contributed by atoms with Crippen LogP contribution in [0.25, 0.3) is 0 Å². The summed E-state index contributed by atoms with van der Waals surface area (Å²) in [5.74, 6) is 0.0650. The van der Waals surface area contributed by atoms with Crippen molar-refractivity contribution in [3.05, 3.63) is 23.0 Å². The van der Waals surface area contributed by atoms with Gasteiger partial charge in [-0.05, 0) is 6.07 Å². The van der Waals surface area contributed by atoms with Crippen molar-refractivity contribution >= 4 is 11.6 Å². The largest absolute Gasteiger partial charge is 0.493 e. The Morgan fingerprint density at radius 1 is 1.67 bits per heavy atom. The summed E-state index contributed by atoms with van der Waals surface area (Å²) in [5, 5.41) is 8.73. The zero-order valence-corrected chi connectivity index (χ0v) is 8.55. The number of pyridine rings is 1. The van der Waals surface area contributed by atoms with Crippen molar-refractivity contribution in [1.29, 1.82) is 5.26 Å². The fourth-order valence-corrected chi connectivity index (χ4v) is 1.30. The van der Waals surface area contributed by atoms with Crippen LogP contribution < -0.4 is 4.74 Å². The number of aromatic nitrogens is 1. The second-order valence-electron chi connectivity index (χ2n) is 2.62. The van der Waals surface area contributed by atoms with Crippen LogP contribution in [0.5, 0.6) is 5.75 Å². The van der Waals surface area contributed by atoms with Gasteiger partial charge in [-0.15, -0.1) is 11.6 Å². The van der Waals surface area contributed by atoms with E-state index in [0.29, 0.717) is 0 Å². The molecule has 0 spiro atoms. The lowest BCUT2D eigenvalue weighted by Crippen LogP contribution is -2.01. The Hall–Kier alpha value is -1.41. The Labute approximate surface area is 90.3 Å². The Balaban J connectivity index is 3.37. The Kier molecular flexibility index (Phi) is 3.81. The van der Waals surface area contributed by atoms with Crippen molar-refractivity contribution in [3.63, 3.8) is 0 Å². The van der Waals surface area contributed by atoms with Gasteiger partial charge in [0, 0.05) is 0 Å². The number of alkyl halides is 3. The highest BCUT2D eigenvalue weighted by atomic mass is 35.5. The van der Waals surface area contributed by atoms with Crippen LogP contribution in [0.2, 0.25) is 0 Å². The second kappa shape index (κ2) is 4.89. The van der Waals surface area contributed by atoms with Crippen LogP contribution in [-0.2, 0) is 5.88 Å². The minimum atomic E-state index is -2.73. The monoisotopic (exact) mass is 232 g/mol. The van der Waals surface area contributed by atoms with Crippen molar-refractivity contribution in [2.75, 3.05) is 7.11 Å². The van der Waals surface area contributed by atoms with E-state index >= 15 is 0 Å².